The predicted octanol–water partition coefficient (Wildman–Crippen LogP) is 3.63. The largest absolute Gasteiger partial charge is 0.573 e. The highest BCUT2D eigenvalue weighted by Crippen LogP contribution is 2.38. The Morgan fingerprint density at radius 1 is 1.19 bits per heavy atom. The van der Waals surface area contributed by atoms with Gasteiger partial charge in [0.15, 0.2) is 5.75 Å². The van der Waals surface area contributed by atoms with Crippen molar-refractivity contribution in [1.82, 2.24) is 15.1 Å². The van der Waals surface area contributed by atoms with Crippen LogP contribution in [0.25, 0.3) is 0 Å². The van der Waals surface area contributed by atoms with Crippen molar-refractivity contribution < 1.29 is 27.5 Å². The van der Waals surface area contributed by atoms with Crippen molar-refractivity contribution in [3.05, 3.63) is 23.8 Å². The third-order valence-electron chi connectivity index (χ3n) is 7.40. The lowest BCUT2D eigenvalue weighted by molar-refractivity contribution is -0.274. The Balaban J connectivity index is 1.73. The van der Waals surface area contributed by atoms with Gasteiger partial charge in [0.25, 0.3) is 5.91 Å². The van der Waals surface area contributed by atoms with Crippen LogP contribution in [0, 0.1) is 5.41 Å². The second-order valence-corrected chi connectivity index (χ2v) is 10.6. The maximum atomic E-state index is 13.4. The molecule has 37 heavy (non-hydrogen) atoms. The van der Waals surface area contributed by atoms with E-state index in [1.54, 1.807) is 11.9 Å². The molecule has 2 fully saturated rings. The summed E-state index contributed by atoms with van der Waals surface area (Å²) in [5.41, 5.74) is -1.50. The van der Waals surface area contributed by atoms with Crippen LogP contribution in [0.4, 0.5) is 18.9 Å². The summed E-state index contributed by atoms with van der Waals surface area (Å²) in [5, 5.41) is 5.24. The van der Waals surface area contributed by atoms with Crippen LogP contribution in [0.15, 0.2) is 28.2 Å². The van der Waals surface area contributed by atoms with E-state index in [4.69, 9.17) is 4.99 Å². The molecule has 1 aliphatic carbocycles. The number of halogens is 3. The highest BCUT2D eigenvalue weighted by molar-refractivity contribution is 6.10. The molecule has 1 atom stereocenters. The molecule has 2 heterocycles. The van der Waals surface area contributed by atoms with Crippen molar-refractivity contribution in [3.8, 4) is 5.75 Å². The van der Waals surface area contributed by atoms with Gasteiger partial charge in [0, 0.05) is 32.2 Å². The van der Waals surface area contributed by atoms with Gasteiger partial charge in [-0.1, -0.05) is 12.8 Å². The number of carbonyl (C=O) groups excluding carboxylic acids is 2. The summed E-state index contributed by atoms with van der Waals surface area (Å²) in [4.78, 5) is 38.5. The number of aliphatic imine (C=N–C) groups is 2. The maximum Gasteiger partial charge on any atom is 0.573 e. The molecule has 2 amide bonds. The molecular formula is C25H33F3N6O3. The fourth-order valence-electron chi connectivity index (χ4n) is 5.26. The number of hydrogen-bond acceptors (Lipinski definition) is 7. The van der Waals surface area contributed by atoms with Crippen LogP contribution in [0.3, 0.4) is 0 Å². The summed E-state index contributed by atoms with van der Waals surface area (Å²) in [7, 11) is 3.13. The standard InChI is InChI=1S/C25H33F3N6O3/c1-23(2)14-34(16-8-6-7-9-16)20-24(3,33(5)21(23)36)13-30-22(32-20)31-17-11-10-15(19(35)29-4)12-18(17)37-25(26,27)28/h10-12,16H,6-9,13-14H2,1-5H3,(H,29,35)(H,30,31). The first kappa shape index (κ1) is 26.7. The van der Waals surface area contributed by atoms with Crippen molar-refractivity contribution in [3.63, 3.8) is 0 Å². The summed E-state index contributed by atoms with van der Waals surface area (Å²) in [6.07, 6.45) is -0.832. The summed E-state index contributed by atoms with van der Waals surface area (Å²) < 4.78 is 43.7. The fraction of sp³-hybridized carbons (Fsp3) is 0.600. The average Bonchev–Trinajstić information content (AvgIpc) is 3.35. The van der Waals surface area contributed by atoms with Crippen molar-refractivity contribution >= 4 is 29.3 Å². The smallest absolute Gasteiger partial charge is 0.404 e. The molecule has 1 aromatic rings. The summed E-state index contributed by atoms with van der Waals surface area (Å²) in [6, 6.07) is 3.94. The van der Waals surface area contributed by atoms with Crippen LogP contribution in [-0.2, 0) is 4.79 Å². The summed E-state index contributed by atoms with van der Waals surface area (Å²) in [6.45, 7) is 6.42. The minimum absolute atomic E-state index is 0.00955. The Kier molecular flexibility index (Phi) is 6.89. The van der Waals surface area contributed by atoms with Crippen LogP contribution < -0.4 is 15.4 Å². The third-order valence-corrected chi connectivity index (χ3v) is 7.40. The third kappa shape index (κ3) is 5.24. The topological polar surface area (TPSA) is 98.6 Å². The molecule has 202 valence electrons. The first-order valence-electron chi connectivity index (χ1n) is 12.3. The zero-order valence-corrected chi connectivity index (χ0v) is 21.7. The van der Waals surface area contributed by atoms with E-state index in [1.165, 1.54) is 19.2 Å². The van der Waals surface area contributed by atoms with Gasteiger partial charge >= 0.3 is 6.36 Å². The number of likely N-dealkylation sites (N-methyl/N-ethyl adjacent to an activating group) is 1. The van der Waals surface area contributed by atoms with Gasteiger partial charge in [-0.2, -0.15) is 4.99 Å². The molecule has 3 aliphatic rings. The zero-order valence-electron chi connectivity index (χ0n) is 21.7. The molecule has 0 bridgehead atoms. The number of ether oxygens (including phenoxy) is 1. The second kappa shape index (κ2) is 9.53. The summed E-state index contributed by atoms with van der Waals surface area (Å²) in [5.74, 6) is -0.368. The Labute approximate surface area is 214 Å². The molecule has 1 aromatic carbocycles. The Bertz CT molecular complexity index is 1140. The van der Waals surface area contributed by atoms with Gasteiger partial charge in [-0.3, -0.25) is 9.59 Å². The molecule has 2 aliphatic heterocycles. The van der Waals surface area contributed by atoms with E-state index < -0.39 is 29.0 Å². The number of nitrogens with zero attached hydrogens (tertiary/aromatic N) is 4. The van der Waals surface area contributed by atoms with E-state index in [-0.39, 0.29) is 35.7 Å². The quantitative estimate of drug-likeness (QED) is 0.630. The number of amidine groups is 1. The van der Waals surface area contributed by atoms with Gasteiger partial charge in [0.1, 0.15) is 11.4 Å². The van der Waals surface area contributed by atoms with Gasteiger partial charge in [-0.05, 0) is 51.8 Å². The number of carbonyl (C=O) groups is 2. The van der Waals surface area contributed by atoms with Crippen molar-refractivity contribution in [2.45, 2.75) is 64.4 Å². The molecule has 1 saturated carbocycles. The van der Waals surface area contributed by atoms with E-state index >= 15 is 0 Å². The number of anilines is 1. The molecule has 9 nitrogen and oxygen atoms in total. The number of guanidine groups is 1. The molecule has 12 heteroatoms. The molecule has 1 unspecified atom stereocenters. The Morgan fingerprint density at radius 3 is 2.49 bits per heavy atom. The second-order valence-electron chi connectivity index (χ2n) is 10.6. The predicted molar refractivity (Wildman–Crippen MR) is 134 cm³/mol. The van der Waals surface area contributed by atoms with Gasteiger partial charge in [-0.25, -0.2) is 4.99 Å². The molecule has 0 radical (unpaired) electrons. The lowest BCUT2D eigenvalue weighted by Gasteiger charge is -2.43. The molecule has 0 aromatic heterocycles. The van der Waals surface area contributed by atoms with Crippen molar-refractivity contribution in [2.24, 2.45) is 15.4 Å². The SMILES string of the molecule is CNC(=O)c1ccc(NC2=NCC3(C)C(=N2)N(C2CCCC2)CC(C)(C)C(=O)N3C)c(OC(F)(F)F)c1. The van der Waals surface area contributed by atoms with E-state index in [0.717, 1.165) is 31.7 Å². The Morgan fingerprint density at radius 2 is 1.86 bits per heavy atom. The Hall–Kier alpha value is -3.31. The lowest BCUT2D eigenvalue weighted by atomic mass is 9.90. The van der Waals surface area contributed by atoms with Crippen LogP contribution in [-0.4, -0.2) is 78.5 Å². The number of rotatable bonds is 4. The molecule has 4 rings (SSSR count). The van der Waals surface area contributed by atoms with Gasteiger partial charge < -0.3 is 25.2 Å². The zero-order chi connectivity index (χ0) is 27.2. The van der Waals surface area contributed by atoms with Crippen LogP contribution in [0.2, 0.25) is 0 Å². The fourth-order valence-corrected chi connectivity index (χ4v) is 5.26. The number of nitrogens with one attached hydrogen (secondary N) is 2. The van der Waals surface area contributed by atoms with Crippen molar-refractivity contribution in [2.75, 3.05) is 32.5 Å². The number of alkyl halides is 3. The molecular weight excluding hydrogens is 489 g/mol. The first-order chi connectivity index (χ1) is 17.2. The molecule has 0 spiro atoms. The molecule has 2 N–H and O–H groups in total. The van der Waals surface area contributed by atoms with Crippen LogP contribution >= 0.6 is 0 Å². The first-order valence-corrected chi connectivity index (χ1v) is 12.3. The monoisotopic (exact) mass is 522 g/mol. The van der Waals surface area contributed by atoms with Crippen LogP contribution in [0.5, 0.6) is 5.75 Å². The minimum Gasteiger partial charge on any atom is -0.404 e. The average molecular weight is 523 g/mol. The van der Waals surface area contributed by atoms with Gasteiger partial charge in [0.2, 0.25) is 11.9 Å². The van der Waals surface area contributed by atoms with Crippen LogP contribution in [0.1, 0.15) is 56.8 Å². The van der Waals surface area contributed by atoms with E-state index in [0.29, 0.717) is 12.4 Å². The summed E-state index contributed by atoms with van der Waals surface area (Å²) >= 11 is 0. The van der Waals surface area contributed by atoms with E-state index in [1.807, 2.05) is 20.8 Å². The lowest BCUT2D eigenvalue weighted by Crippen LogP contribution is -2.61. The highest BCUT2D eigenvalue weighted by atomic mass is 19.4. The number of benzene rings is 1. The van der Waals surface area contributed by atoms with E-state index in [2.05, 4.69) is 25.3 Å². The molecule has 1 saturated heterocycles. The maximum absolute atomic E-state index is 13.4. The van der Waals surface area contributed by atoms with Crippen molar-refractivity contribution in [1.29, 1.82) is 0 Å². The highest BCUT2D eigenvalue weighted by Gasteiger charge is 2.52. The number of amides is 2. The van der Waals surface area contributed by atoms with E-state index in [9.17, 15) is 22.8 Å². The normalized spacial score (nSPS) is 24.2. The van der Waals surface area contributed by atoms with Gasteiger partial charge in [0.05, 0.1) is 17.6 Å². The number of hydrogen-bond donors (Lipinski definition) is 2. The minimum atomic E-state index is -4.97. The number of fused-ring (bicyclic) bond motifs is 1. The van der Waals surface area contributed by atoms with Gasteiger partial charge in [-0.15, -0.1) is 13.2 Å².